The Morgan fingerprint density at radius 2 is 2.00 bits per heavy atom. The Morgan fingerprint density at radius 1 is 1.06 bits per heavy atom. The lowest BCUT2D eigenvalue weighted by Gasteiger charge is -2.05. The first-order valence-electron chi connectivity index (χ1n) is 4.97. The van der Waals surface area contributed by atoms with Crippen molar-refractivity contribution in [2.75, 3.05) is 0 Å². The monoisotopic (exact) mass is 227 g/mol. The Bertz CT molecular complexity index is 631. The molecule has 0 saturated carbocycles. The predicted molar refractivity (Wildman–Crippen MR) is 66.7 cm³/mol. The molecular weight excluding hydrogens is 218 g/mol. The number of hydrogen-bond donors (Lipinski definition) is 1. The number of hydrogen-bond acceptors (Lipinski definition) is 3. The Balaban J connectivity index is 2.39. The van der Waals surface area contributed by atoms with Crippen molar-refractivity contribution in [2.45, 2.75) is 0 Å². The van der Waals surface area contributed by atoms with Crippen LogP contribution in [-0.4, -0.2) is 10.1 Å². The molecule has 0 unspecified atom stereocenters. The van der Waals surface area contributed by atoms with Crippen LogP contribution < -0.4 is 0 Å². The molecule has 0 radical (unpaired) electrons. The van der Waals surface area contributed by atoms with Crippen molar-refractivity contribution < 1.29 is 5.11 Å². The van der Waals surface area contributed by atoms with Crippen LogP contribution in [0.5, 0.6) is 5.75 Å². The lowest BCUT2D eigenvalue weighted by Crippen LogP contribution is -1.82. The molecule has 0 fully saturated rings. The fourth-order valence-corrected chi connectivity index (χ4v) is 2.57. The normalized spacial score (nSPS) is 10.8. The van der Waals surface area contributed by atoms with Crippen LogP contribution in [0.15, 0.2) is 48.0 Å². The highest BCUT2D eigenvalue weighted by Gasteiger charge is 2.07. The van der Waals surface area contributed by atoms with Gasteiger partial charge in [0.15, 0.2) is 0 Å². The van der Waals surface area contributed by atoms with Gasteiger partial charge in [0, 0.05) is 22.0 Å². The quantitative estimate of drug-likeness (QED) is 0.688. The van der Waals surface area contributed by atoms with E-state index in [1.165, 1.54) is 4.88 Å². The molecule has 3 rings (SSSR count). The SMILES string of the molecule is Oc1ccc(-c2cccs2)c2cccnc12. The number of pyridine rings is 1. The Kier molecular flexibility index (Phi) is 2.11. The number of nitrogens with zero attached hydrogens (tertiary/aromatic N) is 1. The second-order valence-corrected chi connectivity index (χ2v) is 4.46. The Morgan fingerprint density at radius 3 is 2.81 bits per heavy atom. The topological polar surface area (TPSA) is 33.1 Å². The van der Waals surface area contributed by atoms with Gasteiger partial charge in [0.2, 0.25) is 0 Å². The molecule has 2 heterocycles. The lowest BCUT2D eigenvalue weighted by atomic mass is 10.1. The van der Waals surface area contributed by atoms with Gasteiger partial charge in [-0.3, -0.25) is 4.98 Å². The van der Waals surface area contributed by atoms with Crippen LogP contribution in [0.3, 0.4) is 0 Å². The number of phenols is 1. The molecule has 1 aromatic carbocycles. The summed E-state index contributed by atoms with van der Waals surface area (Å²) >= 11 is 1.69. The molecule has 0 atom stereocenters. The maximum Gasteiger partial charge on any atom is 0.141 e. The summed E-state index contributed by atoms with van der Waals surface area (Å²) in [5, 5.41) is 12.8. The first-order chi connectivity index (χ1) is 7.86. The minimum Gasteiger partial charge on any atom is -0.506 e. The van der Waals surface area contributed by atoms with Crippen LogP contribution in [0.1, 0.15) is 0 Å². The van der Waals surface area contributed by atoms with Gasteiger partial charge >= 0.3 is 0 Å². The molecule has 0 spiro atoms. The first kappa shape index (κ1) is 9.36. The molecule has 0 aliphatic heterocycles. The summed E-state index contributed by atoms with van der Waals surface area (Å²) in [6, 6.07) is 11.6. The number of phenolic OH excluding ortho intramolecular Hbond substituents is 1. The van der Waals surface area contributed by atoms with Gasteiger partial charge in [-0.1, -0.05) is 12.1 Å². The maximum atomic E-state index is 9.73. The van der Waals surface area contributed by atoms with Gasteiger partial charge in [0.05, 0.1) is 0 Å². The van der Waals surface area contributed by atoms with E-state index in [0.717, 1.165) is 10.9 Å². The smallest absolute Gasteiger partial charge is 0.141 e. The third-order valence-electron chi connectivity index (χ3n) is 2.54. The lowest BCUT2D eigenvalue weighted by molar-refractivity contribution is 0.480. The number of thiophene rings is 1. The van der Waals surface area contributed by atoms with Crippen molar-refractivity contribution in [3.63, 3.8) is 0 Å². The van der Waals surface area contributed by atoms with E-state index >= 15 is 0 Å². The molecule has 0 aliphatic carbocycles. The second-order valence-electron chi connectivity index (χ2n) is 3.51. The third-order valence-corrected chi connectivity index (χ3v) is 3.44. The van der Waals surface area contributed by atoms with Gasteiger partial charge < -0.3 is 5.11 Å². The minimum absolute atomic E-state index is 0.232. The van der Waals surface area contributed by atoms with Crippen molar-refractivity contribution in [2.24, 2.45) is 0 Å². The van der Waals surface area contributed by atoms with Gasteiger partial charge in [-0.2, -0.15) is 0 Å². The van der Waals surface area contributed by atoms with E-state index in [0.29, 0.717) is 5.52 Å². The summed E-state index contributed by atoms with van der Waals surface area (Å²) in [6.45, 7) is 0. The number of aromatic hydroxyl groups is 1. The number of fused-ring (bicyclic) bond motifs is 1. The summed E-state index contributed by atoms with van der Waals surface area (Å²) in [6.07, 6.45) is 1.69. The van der Waals surface area contributed by atoms with Crippen molar-refractivity contribution in [1.29, 1.82) is 0 Å². The number of benzene rings is 1. The summed E-state index contributed by atoms with van der Waals surface area (Å²) in [5.74, 6) is 0.232. The van der Waals surface area contributed by atoms with E-state index in [1.807, 2.05) is 29.6 Å². The standard InChI is InChI=1S/C13H9NOS/c15-11-6-5-9(12-4-2-8-16-12)10-3-1-7-14-13(10)11/h1-8,15H. The Labute approximate surface area is 96.8 Å². The highest BCUT2D eigenvalue weighted by atomic mass is 32.1. The summed E-state index contributed by atoms with van der Waals surface area (Å²) in [4.78, 5) is 5.40. The molecule has 2 nitrogen and oxygen atoms in total. The first-order valence-corrected chi connectivity index (χ1v) is 5.85. The molecule has 16 heavy (non-hydrogen) atoms. The van der Waals surface area contributed by atoms with Crippen LogP contribution in [0.25, 0.3) is 21.3 Å². The zero-order chi connectivity index (χ0) is 11.0. The average molecular weight is 227 g/mol. The van der Waals surface area contributed by atoms with E-state index in [9.17, 15) is 5.11 Å². The predicted octanol–water partition coefficient (Wildman–Crippen LogP) is 3.67. The van der Waals surface area contributed by atoms with E-state index in [2.05, 4.69) is 11.1 Å². The van der Waals surface area contributed by atoms with Crippen LogP contribution in [-0.2, 0) is 0 Å². The fourth-order valence-electron chi connectivity index (χ4n) is 1.80. The van der Waals surface area contributed by atoms with Gasteiger partial charge in [0.25, 0.3) is 0 Å². The van der Waals surface area contributed by atoms with Gasteiger partial charge in [0.1, 0.15) is 11.3 Å². The number of rotatable bonds is 1. The van der Waals surface area contributed by atoms with Crippen LogP contribution in [0.4, 0.5) is 0 Å². The zero-order valence-corrected chi connectivity index (χ0v) is 9.24. The summed E-state index contributed by atoms with van der Waals surface area (Å²) < 4.78 is 0. The second kappa shape index (κ2) is 3.61. The van der Waals surface area contributed by atoms with Crippen LogP contribution in [0, 0.1) is 0 Å². The molecule has 0 amide bonds. The van der Waals surface area contributed by atoms with E-state index in [1.54, 1.807) is 23.6 Å². The largest absolute Gasteiger partial charge is 0.506 e. The molecule has 3 heteroatoms. The third kappa shape index (κ3) is 1.37. The van der Waals surface area contributed by atoms with Gasteiger partial charge in [-0.25, -0.2) is 0 Å². The van der Waals surface area contributed by atoms with Gasteiger partial charge in [-0.05, 0) is 29.6 Å². The maximum absolute atomic E-state index is 9.73. The number of aromatic nitrogens is 1. The van der Waals surface area contributed by atoms with Crippen molar-refractivity contribution >= 4 is 22.2 Å². The molecule has 0 bridgehead atoms. The highest BCUT2D eigenvalue weighted by molar-refractivity contribution is 7.13. The average Bonchev–Trinajstić information content (AvgIpc) is 2.83. The molecule has 0 aliphatic rings. The van der Waals surface area contributed by atoms with Crippen molar-refractivity contribution in [3.05, 3.63) is 48.0 Å². The van der Waals surface area contributed by atoms with E-state index < -0.39 is 0 Å². The summed E-state index contributed by atoms with van der Waals surface area (Å²) in [5.41, 5.74) is 1.78. The van der Waals surface area contributed by atoms with Crippen LogP contribution in [0.2, 0.25) is 0 Å². The molecule has 0 saturated heterocycles. The van der Waals surface area contributed by atoms with Gasteiger partial charge in [-0.15, -0.1) is 11.3 Å². The van der Waals surface area contributed by atoms with Crippen molar-refractivity contribution in [3.8, 4) is 16.2 Å². The molecule has 3 aromatic rings. The van der Waals surface area contributed by atoms with Crippen molar-refractivity contribution in [1.82, 2.24) is 4.98 Å². The zero-order valence-electron chi connectivity index (χ0n) is 8.42. The fraction of sp³-hybridized carbons (Fsp3) is 0. The molecule has 78 valence electrons. The summed E-state index contributed by atoms with van der Waals surface area (Å²) in [7, 11) is 0. The Hall–Kier alpha value is -1.87. The minimum atomic E-state index is 0.232. The van der Waals surface area contributed by atoms with E-state index in [-0.39, 0.29) is 5.75 Å². The highest BCUT2D eigenvalue weighted by Crippen LogP contribution is 2.34. The molecular formula is C13H9NOS. The van der Waals surface area contributed by atoms with E-state index in [4.69, 9.17) is 0 Å². The molecule has 2 aromatic heterocycles. The molecule has 1 N–H and O–H groups in total. The van der Waals surface area contributed by atoms with Crippen LogP contribution >= 0.6 is 11.3 Å².